The first-order chi connectivity index (χ1) is 8.24. The zero-order valence-electron chi connectivity index (χ0n) is 9.21. The van der Waals surface area contributed by atoms with Gasteiger partial charge in [-0.1, -0.05) is 0 Å². The largest absolute Gasteiger partial charge is 0.348 e. The number of rotatable bonds is 2. The number of H-pyrrole nitrogens is 1. The highest BCUT2D eigenvalue weighted by molar-refractivity contribution is 6.06. The van der Waals surface area contributed by atoms with Gasteiger partial charge in [0, 0.05) is 25.6 Å². The van der Waals surface area contributed by atoms with E-state index in [-0.39, 0.29) is 5.91 Å². The van der Waals surface area contributed by atoms with Crippen LogP contribution < -0.4 is 4.90 Å². The number of nitriles is 1. The Balaban J connectivity index is 2.35. The molecule has 84 valence electrons. The van der Waals surface area contributed by atoms with Crippen molar-refractivity contribution in [1.82, 2.24) is 9.97 Å². The lowest BCUT2D eigenvalue weighted by Crippen LogP contribution is -2.27. The molecule has 2 heterocycles. The zero-order chi connectivity index (χ0) is 12.3. The SMILES string of the molecule is CN(C(=O)c1cnccc1C#N)c1ccc[nH]1. The molecule has 17 heavy (non-hydrogen) atoms. The average Bonchev–Trinajstić information content (AvgIpc) is 2.90. The van der Waals surface area contributed by atoms with E-state index in [1.807, 2.05) is 6.07 Å². The smallest absolute Gasteiger partial charge is 0.262 e. The first-order valence-corrected chi connectivity index (χ1v) is 4.99. The molecule has 0 aliphatic carbocycles. The van der Waals surface area contributed by atoms with Crippen LogP contribution in [0.3, 0.4) is 0 Å². The maximum Gasteiger partial charge on any atom is 0.262 e. The molecule has 0 saturated carbocycles. The van der Waals surface area contributed by atoms with Gasteiger partial charge in [0.25, 0.3) is 5.91 Å². The minimum absolute atomic E-state index is 0.267. The molecule has 1 amide bonds. The third kappa shape index (κ3) is 2.01. The molecule has 0 aliphatic rings. The van der Waals surface area contributed by atoms with E-state index in [4.69, 9.17) is 5.26 Å². The molecule has 0 aliphatic heterocycles. The molecular formula is C12H10N4O. The molecule has 1 N–H and O–H groups in total. The van der Waals surface area contributed by atoms with Crippen LogP contribution in [0.4, 0.5) is 5.82 Å². The van der Waals surface area contributed by atoms with Gasteiger partial charge in [-0.3, -0.25) is 14.7 Å². The van der Waals surface area contributed by atoms with Crippen LogP contribution in [0.2, 0.25) is 0 Å². The Kier molecular flexibility index (Phi) is 2.88. The van der Waals surface area contributed by atoms with Gasteiger partial charge in [-0.15, -0.1) is 0 Å². The summed E-state index contributed by atoms with van der Waals surface area (Å²) in [6.07, 6.45) is 4.62. The Morgan fingerprint density at radius 2 is 2.35 bits per heavy atom. The summed E-state index contributed by atoms with van der Waals surface area (Å²) in [4.78, 5) is 20.4. The number of amides is 1. The fraction of sp³-hybridized carbons (Fsp3) is 0.0833. The van der Waals surface area contributed by atoms with Crippen molar-refractivity contribution in [1.29, 1.82) is 5.26 Å². The summed E-state index contributed by atoms with van der Waals surface area (Å²) in [7, 11) is 1.64. The molecule has 0 unspecified atom stereocenters. The summed E-state index contributed by atoms with van der Waals surface area (Å²) in [5.74, 6) is 0.403. The summed E-state index contributed by atoms with van der Waals surface area (Å²) in [6.45, 7) is 0. The van der Waals surface area contributed by atoms with Crippen molar-refractivity contribution in [3.05, 3.63) is 47.9 Å². The summed E-state index contributed by atoms with van der Waals surface area (Å²) in [5, 5.41) is 8.92. The minimum atomic E-state index is -0.267. The molecule has 0 saturated heterocycles. The highest BCUT2D eigenvalue weighted by Crippen LogP contribution is 2.14. The highest BCUT2D eigenvalue weighted by atomic mass is 16.2. The fourth-order valence-corrected chi connectivity index (χ4v) is 1.48. The van der Waals surface area contributed by atoms with Gasteiger partial charge in [0.15, 0.2) is 0 Å². The first kappa shape index (κ1) is 10.9. The normalized spacial score (nSPS) is 9.65. The second kappa shape index (κ2) is 4.49. The monoisotopic (exact) mass is 226 g/mol. The van der Waals surface area contributed by atoms with E-state index in [1.54, 1.807) is 25.4 Å². The molecule has 2 aromatic heterocycles. The number of carbonyl (C=O) groups excluding carboxylic acids is 1. The van der Waals surface area contributed by atoms with Gasteiger partial charge in [0.1, 0.15) is 11.9 Å². The van der Waals surface area contributed by atoms with E-state index in [2.05, 4.69) is 9.97 Å². The third-order valence-corrected chi connectivity index (χ3v) is 2.42. The van der Waals surface area contributed by atoms with Crippen LogP contribution in [-0.4, -0.2) is 22.9 Å². The molecule has 0 aromatic carbocycles. The molecule has 5 nitrogen and oxygen atoms in total. The van der Waals surface area contributed by atoms with Gasteiger partial charge >= 0.3 is 0 Å². The number of aromatic amines is 1. The number of pyridine rings is 1. The van der Waals surface area contributed by atoms with Crippen molar-refractivity contribution in [3.63, 3.8) is 0 Å². The van der Waals surface area contributed by atoms with Gasteiger partial charge < -0.3 is 4.98 Å². The number of carbonyl (C=O) groups is 1. The average molecular weight is 226 g/mol. The number of hydrogen-bond donors (Lipinski definition) is 1. The predicted octanol–water partition coefficient (Wildman–Crippen LogP) is 1.56. The Labute approximate surface area is 98.3 Å². The maximum atomic E-state index is 12.1. The number of nitrogens with one attached hydrogen (secondary N) is 1. The molecular weight excluding hydrogens is 216 g/mol. The maximum absolute atomic E-state index is 12.1. The van der Waals surface area contributed by atoms with E-state index in [9.17, 15) is 4.79 Å². The Hall–Kier alpha value is -2.61. The number of hydrogen-bond acceptors (Lipinski definition) is 3. The second-order valence-corrected chi connectivity index (χ2v) is 3.45. The molecule has 2 aromatic rings. The zero-order valence-corrected chi connectivity index (χ0v) is 9.21. The van der Waals surface area contributed by atoms with Crippen LogP contribution in [0.25, 0.3) is 0 Å². The predicted molar refractivity (Wildman–Crippen MR) is 62.5 cm³/mol. The molecule has 0 fully saturated rings. The Morgan fingerprint density at radius 1 is 1.53 bits per heavy atom. The summed E-state index contributed by atoms with van der Waals surface area (Å²) >= 11 is 0. The summed E-state index contributed by atoms with van der Waals surface area (Å²) < 4.78 is 0. The topological polar surface area (TPSA) is 72.8 Å². The highest BCUT2D eigenvalue weighted by Gasteiger charge is 2.17. The van der Waals surface area contributed by atoms with Crippen LogP contribution >= 0.6 is 0 Å². The molecule has 2 rings (SSSR count). The van der Waals surface area contributed by atoms with Gasteiger partial charge in [0.2, 0.25) is 0 Å². The van der Waals surface area contributed by atoms with Gasteiger partial charge in [-0.2, -0.15) is 5.26 Å². The third-order valence-electron chi connectivity index (χ3n) is 2.42. The van der Waals surface area contributed by atoms with Crippen LogP contribution in [0.1, 0.15) is 15.9 Å². The van der Waals surface area contributed by atoms with Crippen molar-refractivity contribution in [3.8, 4) is 6.07 Å². The number of anilines is 1. The molecule has 0 bridgehead atoms. The van der Waals surface area contributed by atoms with E-state index in [1.165, 1.54) is 23.4 Å². The lowest BCUT2D eigenvalue weighted by molar-refractivity contribution is 0.0992. The second-order valence-electron chi connectivity index (χ2n) is 3.45. The Morgan fingerprint density at radius 3 is 3.00 bits per heavy atom. The standard InChI is InChI=1S/C12H10N4O/c1-16(11-3-2-5-15-11)12(17)10-8-14-6-4-9(10)7-13/h2-6,8,15H,1H3. The molecule has 5 heteroatoms. The molecule has 0 spiro atoms. The van der Waals surface area contributed by atoms with Crippen LogP contribution in [-0.2, 0) is 0 Å². The van der Waals surface area contributed by atoms with Crippen LogP contribution in [0, 0.1) is 11.3 Å². The van der Waals surface area contributed by atoms with Crippen LogP contribution in [0.5, 0.6) is 0 Å². The van der Waals surface area contributed by atoms with Gasteiger partial charge in [-0.25, -0.2) is 0 Å². The van der Waals surface area contributed by atoms with Crippen molar-refractivity contribution >= 4 is 11.7 Å². The minimum Gasteiger partial charge on any atom is -0.348 e. The number of nitrogens with zero attached hydrogens (tertiary/aromatic N) is 3. The lowest BCUT2D eigenvalue weighted by Gasteiger charge is -2.15. The molecule has 0 radical (unpaired) electrons. The lowest BCUT2D eigenvalue weighted by atomic mass is 10.1. The Bertz CT molecular complexity index is 568. The fourth-order valence-electron chi connectivity index (χ4n) is 1.48. The van der Waals surface area contributed by atoms with Crippen LogP contribution in [0.15, 0.2) is 36.8 Å². The molecule has 0 atom stereocenters. The van der Waals surface area contributed by atoms with E-state index >= 15 is 0 Å². The van der Waals surface area contributed by atoms with E-state index in [0.29, 0.717) is 16.9 Å². The van der Waals surface area contributed by atoms with Crippen molar-refractivity contribution in [2.45, 2.75) is 0 Å². The van der Waals surface area contributed by atoms with Crippen molar-refractivity contribution in [2.24, 2.45) is 0 Å². The van der Waals surface area contributed by atoms with E-state index < -0.39 is 0 Å². The quantitative estimate of drug-likeness (QED) is 0.844. The van der Waals surface area contributed by atoms with Gasteiger partial charge in [0.05, 0.1) is 11.1 Å². The van der Waals surface area contributed by atoms with Crippen molar-refractivity contribution < 1.29 is 4.79 Å². The summed E-state index contributed by atoms with van der Waals surface area (Å²) in [5.41, 5.74) is 0.621. The van der Waals surface area contributed by atoms with E-state index in [0.717, 1.165) is 0 Å². The summed E-state index contributed by atoms with van der Waals surface area (Å²) in [6, 6.07) is 7.08. The van der Waals surface area contributed by atoms with Gasteiger partial charge in [-0.05, 0) is 18.2 Å². The first-order valence-electron chi connectivity index (χ1n) is 4.99. The number of aromatic nitrogens is 2. The van der Waals surface area contributed by atoms with Crippen molar-refractivity contribution in [2.75, 3.05) is 11.9 Å².